The Labute approximate surface area is 122 Å². The first-order valence-corrected chi connectivity index (χ1v) is 8.20. The summed E-state index contributed by atoms with van der Waals surface area (Å²) in [4.78, 5) is 0. The molecule has 6 nitrogen and oxygen atoms in total. The third kappa shape index (κ3) is 3.94. The number of anilines is 1. The lowest BCUT2D eigenvalue weighted by molar-refractivity contribution is 0.588. The fraction of sp³-hybridized carbons (Fsp3) is 0.333. The number of alkyl halides is 1. The topological polar surface area (TPSA) is 76.9 Å². The molecule has 0 saturated carbocycles. The van der Waals surface area contributed by atoms with Crippen molar-refractivity contribution in [1.29, 1.82) is 0 Å². The molecular formula is C12H15ClN4O2S. The van der Waals surface area contributed by atoms with Gasteiger partial charge in [0.2, 0.25) is 10.0 Å². The van der Waals surface area contributed by atoms with Gasteiger partial charge in [-0.3, -0.25) is 9.29 Å². The summed E-state index contributed by atoms with van der Waals surface area (Å²) in [6, 6.07) is 7.00. The lowest BCUT2D eigenvalue weighted by Crippen LogP contribution is -2.22. The summed E-state index contributed by atoms with van der Waals surface area (Å²) >= 11 is 5.64. The highest BCUT2D eigenvalue weighted by atomic mass is 35.5. The number of hydrogen-bond acceptors (Lipinski definition) is 4. The zero-order valence-corrected chi connectivity index (χ0v) is 12.5. The van der Waals surface area contributed by atoms with Gasteiger partial charge in [0.05, 0.1) is 17.1 Å². The number of sulfonamides is 1. The van der Waals surface area contributed by atoms with Gasteiger partial charge < -0.3 is 0 Å². The van der Waals surface area contributed by atoms with Crippen LogP contribution in [0.4, 0.5) is 5.69 Å². The Morgan fingerprint density at radius 3 is 2.70 bits per heavy atom. The largest absolute Gasteiger partial charge is 0.288 e. The monoisotopic (exact) mass is 314 g/mol. The van der Waals surface area contributed by atoms with Crippen molar-refractivity contribution >= 4 is 27.3 Å². The summed E-state index contributed by atoms with van der Waals surface area (Å²) in [6.07, 6.45) is 3.09. The standard InChI is InChI=1S/C12H15ClN4O2S/c1-10(6-13)7-20(18,19)16-11-3-2-4-12(5-11)17-8-14-15-9-17/h2-5,8-10,16H,6-7H2,1H3. The van der Waals surface area contributed by atoms with Gasteiger partial charge >= 0.3 is 0 Å². The van der Waals surface area contributed by atoms with Crippen molar-refractivity contribution in [2.24, 2.45) is 5.92 Å². The van der Waals surface area contributed by atoms with E-state index < -0.39 is 10.0 Å². The predicted octanol–water partition coefficient (Wildman–Crippen LogP) is 1.88. The Morgan fingerprint density at radius 1 is 1.35 bits per heavy atom. The molecule has 1 N–H and O–H groups in total. The van der Waals surface area contributed by atoms with Crippen molar-refractivity contribution in [2.75, 3.05) is 16.4 Å². The van der Waals surface area contributed by atoms with Gasteiger partial charge in [0.1, 0.15) is 12.7 Å². The van der Waals surface area contributed by atoms with Gasteiger partial charge in [-0.25, -0.2) is 8.42 Å². The molecule has 8 heteroatoms. The lowest BCUT2D eigenvalue weighted by atomic mass is 10.3. The van der Waals surface area contributed by atoms with Crippen LogP contribution in [0.5, 0.6) is 0 Å². The van der Waals surface area contributed by atoms with Gasteiger partial charge in [-0.2, -0.15) is 0 Å². The second-order valence-electron chi connectivity index (χ2n) is 4.56. The Hall–Kier alpha value is -1.60. The first-order chi connectivity index (χ1) is 9.50. The zero-order chi connectivity index (χ0) is 14.6. The summed E-state index contributed by atoms with van der Waals surface area (Å²) in [7, 11) is -3.41. The van der Waals surface area contributed by atoms with E-state index in [9.17, 15) is 8.42 Å². The minimum atomic E-state index is -3.41. The van der Waals surface area contributed by atoms with Crippen molar-refractivity contribution in [1.82, 2.24) is 14.8 Å². The SMILES string of the molecule is CC(CCl)CS(=O)(=O)Nc1cccc(-n2cnnc2)c1. The summed E-state index contributed by atoms with van der Waals surface area (Å²) in [5.41, 5.74) is 1.28. The van der Waals surface area contributed by atoms with Crippen LogP contribution in [-0.4, -0.2) is 34.8 Å². The van der Waals surface area contributed by atoms with Crippen LogP contribution >= 0.6 is 11.6 Å². The van der Waals surface area contributed by atoms with Crippen LogP contribution in [0.2, 0.25) is 0 Å². The summed E-state index contributed by atoms with van der Waals surface area (Å²) in [5.74, 6) is 0.199. The van der Waals surface area contributed by atoms with Crippen molar-refractivity contribution in [2.45, 2.75) is 6.92 Å². The van der Waals surface area contributed by atoms with E-state index in [2.05, 4.69) is 14.9 Å². The number of nitrogens with one attached hydrogen (secondary N) is 1. The molecule has 0 spiro atoms. The maximum Gasteiger partial charge on any atom is 0.233 e. The third-order valence-electron chi connectivity index (χ3n) is 2.60. The number of hydrogen-bond donors (Lipinski definition) is 1. The summed E-state index contributed by atoms with van der Waals surface area (Å²) < 4.78 is 28.2. The fourth-order valence-electron chi connectivity index (χ4n) is 1.70. The Balaban J connectivity index is 2.16. The number of nitrogens with zero attached hydrogens (tertiary/aromatic N) is 3. The number of aromatic nitrogens is 3. The fourth-order valence-corrected chi connectivity index (χ4v) is 3.38. The molecule has 0 bridgehead atoms. The maximum atomic E-state index is 12.0. The van der Waals surface area contributed by atoms with E-state index in [1.807, 2.05) is 6.07 Å². The molecule has 20 heavy (non-hydrogen) atoms. The minimum absolute atomic E-state index is 0.00659. The third-order valence-corrected chi connectivity index (χ3v) is 4.69. The molecule has 0 aliphatic carbocycles. The molecule has 0 radical (unpaired) electrons. The van der Waals surface area contributed by atoms with Crippen LogP contribution in [0.25, 0.3) is 5.69 Å². The van der Waals surface area contributed by atoms with Gasteiger partial charge in [-0.1, -0.05) is 13.0 Å². The van der Waals surface area contributed by atoms with Crippen molar-refractivity contribution < 1.29 is 8.42 Å². The van der Waals surface area contributed by atoms with Crippen LogP contribution in [-0.2, 0) is 10.0 Å². The first-order valence-electron chi connectivity index (χ1n) is 6.02. The van der Waals surface area contributed by atoms with E-state index in [4.69, 9.17) is 11.6 Å². The quantitative estimate of drug-likeness (QED) is 0.826. The normalized spacial score (nSPS) is 13.1. The van der Waals surface area contributed by atoms with Gasteiger partial charge in [0, 0.05) is 5.88 Å². The molecule has 1 aromatic heterocycles. The number of rotatable bonds is 6. The molecule has 108 valence electrons. The predicted molar refractivity (Wildman–Crippen MR) is 78.7 cm³/mol. The molecule has 1 heterocycles. The van der Waals surface area contributed by atoms with Gasteiger partial charge in [-0.05, 0) is 24.1 Å². The zero-order valence-electron chi connectivity index (χ0n) is 10.9. The average Bonchev–Trinajstić information content (AvgIpc) is 2.91. The highest BCUT2D eigenvalue weighted by Crippen LogP contribution is 2.16. The second kappa shape index (κ2) is 6.23. The first kappa shape index (κ1) is 14.8. The van der Waals surface area contributed by atoms with Crippen molar-refractivity contribution in [3.63, 3.8) is 0 Å². The smallest absolute Gasteiger partial charge is 0.233 e. The maximum absolute atomic E-state index is 12.0. The number of benzene rings is 1. The molecule has 2 rings (SSSR count). The van der Waals surface area contributed by atoms with E-state index in [0.29, 0.717) is 11.6 Å². The van der Waals surface area contributed by atoms with Crippen LogP contribution in [0.3, 0.4) is 0 Å². The Kier molecular flexibility index (Phi) is 4.61. The molecule has 2 aromatic rings. The molecule has 0 aliphatic heterocycles. The lowest BCUT2D eigenvalue weighted by Gasteiger charge is -2.12. The van der Waals surface area contributed by atoms with Crippen LogP contribution in [0.15, 0.2) is 36.9 Å². The Morgan fingerprint density at radius 2 is 2.05 bits per heavy atom. The molecule has 0 saturated heterocycles. The highest BCUT2D eigenvalue weighted by Gasteiger charge is 2.15. The van der Waals surface area contributed by atoms with Crippen LogP contribution < -0.4 is 4.72 Å². The van der Waals surface area contributed by atoms with Gasteiger partial charge in [0.15, 0.2) is 0 Å². The van der Waals surface area contributed by atoms with E-state index >= 15 is 0 Å². The van der Waals surface area contributed by atoms with E-state index in [0.717, 1.165) is 5.69 Å². The van der Waals surface area contributed by atoms with E-state index in [1.165, 1.54) is 0 Å². The molecule has 1 unspecified atom stereocenters. The average molecular weight is 315 g/mol. The highest BCUT2D eigenvalue weighted by molar-refractivity contribution is 7.92. The summed E-state index contributed by atoms with van der Waals surface area (Å²) in [5, 5.41) is 7.43. The minimum Gasteiger partial charge on any atom is -0.288 e. The molecule has 0 fully saturated rings. The number of halogens is 1. The second-order valence-corrected chi connectivity index (χ2v) is 6.64. The van der Waals surface area contributed by atoms with Crippen LogP contribution in [0.1, 0.15) is 6.92 Å². The molecule has 1 atom stereocenters. The van der Waals surface area contributed by atoms with Crippen molar-refractivity contribution in [3.05, 3.63) is 36.9 Å². The Bertz CT molecular complexity index is 658. The van der Waals surface area contributed by atoms with Crippen molar-refractivity contribution in [3.8, 4) is 5.69 Å². The van der Waals surface area contributed by atoms with Gasteiger partial charge in [-0.15, -0.1) is 21.8 Å². The van der Waals surface area contributed by atoms with E-state index in [1.54, 1.807) is 42.3 Å². The summed E-state index contributed by atoms with van der Waals surface area (Å²) in [6.45, 7) is 1.79. The molecular weight excluding hydrogens is 300 g/mol. The van der Waals surface area contributed by atoms with Gasteiger partial charge in [0.25, 0.3) is 0 Å². The molecule has 0 aliphatic rings. The molecule has 1 aromatic carbocycles. The van der Waals surface area contributed by atoms with E-state index in [-0.39, 0.29) is 11.7 Å². The van der Waals surface area contributed by atoms with Crippen LogP contribution in [0, 0.1) is 5.92 Å². The molecule has 0 amide bonds.